The maximum atomic E-state index is 12.2. The van der Waals surface area contributed by atoms with E-state index in [0.717, 1.165) is 42.1 Å². The number of carbonyl (C=O) groups is 1. The van der Waals surface area contributed by atoms with Gasteiger partial charge in [-0.1, -0.05) is 55.7 Å². The number of aliphatic hydroxyl groups excluding tert-OH is 1. The van der Waals surface area contributed by atoms with Crippen LogP contribution in [0.25, 0.3) is 10.8 Å². The topological polar surface area (TPSA) is 87.4 Å². The van der Waals surface area contributed by atoms with E-state index in [1.807, 2.05) is 42.5 Å². The van der Waals surface area contributed by atoms with Crippen LogP contribution in [-0.2, 0) is 4.79 Å². The molecule has 5 N–H and O–H groups in total. The smallest absolute Gasteiger partial charge is 0.268 e. The SMILES string of the molecule is N[C@H](C1CCCCC1)[C@H](O)C(=O)NNc1cccc2ccccc12. The minimum atomic E-state index is -1.20. The first-order valence-corrected chi connectivity index (χ1v) is 8.64. The lowest BCUT2D eigenvalue weighted by atomic mass is 9.82. The van der Waals surface area contributed by atoms with Gasteiger partial charge in [0.2, 0.25) is 0 Å². The second-order valence-electron chi connectivity index (χ2n) is 6.56. The molecule has 0 aromatic heterocycles. The van der Waals surface area contributed by atoms with Crippen molar-refractivity contribution in [2.24, 2.45) is 11.7 Å². The molecule has 3 rings (SSSR count). The van der Waals surface area contributed by atoms with E-state index in [1.54, 1.807) is 0 Å². The summed E-state index contributed by atoms with van der Waals surface area (Å²) in [7, 11) is 0. The third-order valence-corrected chi connectivity index (χ3v) is 4.94. The van der Waals surface area contributed by atoms with Crippen molar-refractivity contribution in [1.29, 1.82) is 0 Å². The van der Waals surface area contributed by atoms with Crippen molar-refractivity contribution >= 4 is 22.4 Å². The molecular formula is C19H25N3O2. The maximum absolute atomic E-state index is 12.2. The Bertz CT molecular complexity index is 693. The Hall–Kier alpha value is -2.11. The van der Waals surface area contributed by atoms with Gasteiger partial charge in [-0.3, -0.25) is 15.6 Å². The summed E-state index contributed by atoms with van der Waals surface area (Å²) in [4.78, 5) is 12.2. The molecule has 2 atom stereocenters. The molecule has 1 aliphatic carbocycles. The maximum Gasteiger partial charge on any atom is 0.268 e. The molecule has 2 aromatic carbocycles. The number of hydrazine groups is 1. The Balaban J connectivity index is 1.61. The van der Waals surface area contributed by atoms with Gasteiger partial charge in [0.1, 0.15) is 6.10 Å². The summed E-state index contributed by atoms with van der Waals surface area (Å²) in [6, 6.07) is 13.2. The number of nitrogens with two attached hydrogens (primary N) is 1. The van der Waals surface area contributed by atoms with E-state index < -0.39 is 18.1 Å². The highest BCUT2D eigenvalue weighted by atomic mass is 16.3. The van der Waals surface area contributed by atoms with Crippen molar-refractivity contribution in [1.82, 2.24) is 5.43 Å². The number of anilines is 1. The largest absolute Gasteiger partial charge is 0.382 e. The van der Waals surface area contributed by atoms with E-state index in [4.69, 9.17) is 5.73 Å². The Morgan fingerprint density at radius 2 is 1.79 bits per heavy atom. The fourth-order valence-corrected chi connectivity index (χ4v) is 3.49. The molecular weight excluding hydrogens is 302 g/mol. The lowest BCUT2D eigenvalue weighted by Gasteiger charge is -2.30. The van der Waals surface area contributed by atoms with Gasteiger partial charge in [-0.05, 0) is 30.2 Å². The molecule has 1 amide bonds. The first-order chi connectivity index (χ1) is 11.7. The molecule has 2 aromatic rings. The van der Waals surface area contributed by atoms with Gasteiger partial charge < -0.3 is 10.8 Å². The molecule has 0 heterocycles. The molecule has 0 aliphatic heterocycles. The molecule has 0 saturated heterocycles. The molecule has 1 saturated carbocycles. The van der Waals surface area contributed by atoms with Gasteiger partial charge in [0.15, 0.2) is 0 Å². The zero-order valence-corrected chi connectivity index (χ0v) is 13.7. The number of amides is 1. The van der Waals surface area contributed by atoms with Crippen molar-refractivity contribution in [3.8, 4) is 0 Å². The van der Waals surface area contributed by atoms with Gasteiger partial charge in [0.25, 0.3) is 5.91 Å². The van der Waals surface area contributed by atoms with Gasteiger partial charge in [-0.25, -0.2) is 0 Å². The summed E-state index contributed by atoms with van der Waals surface area (Å²) in [6.07, 6.45) is 4.25. The fraction of sp³-hybridized carbons (Fsp3) is 0.421. The Kier molecular flexibility index (Phi) is 5.33. The lowest BCUT2D eigenvalue weighted by Crippen LogP contribution is -2.51. The fourth-order valence-electron chi connectivity index (χ4n) is 3.49. The number of nitrogens with one attached hydrogen (secondary N) is 2. The average Bonchev–Trinajstić information content (AvgIpc) is 2.65. The number of carbonyl (C=O) groups excluding carboxylic acids is 1. The van der Waals surface area contributed by atoms with Gasteiger partial charge >= 0.3 is 0 Å². The van der Waals surface area contributed by atoms with Crippen LogP contribution in [0.1, 0.15) is 32.1 Å². The molecule has 24 heavy (non-hydrogen) atoms. The highest BCUT2D eigenvalue weighted by Crippen LogP contribution is 2.27. The first kappa shape index (κ1) is 16.7. The summed E-state index contributed by atoms with van der Waals surface area (Å²) in [5.41, 5.74) is 12.4. The number of hydrogen-bond donors (Lipinski definition) is 4. The quantitative estimate of drug-likeness (QED) is 0.636. The first-order valence-electron chi connectivity index (χ1n) is 8.64. The van der Waals surface area contributed by atoms with Crippen LogP contribution >= 0.6 is 0 Å². The third kappa shape index (κ3) is 3.68. The van der Waals surface area contributed by atoms with Gasteiger partial charge in [-0.2, -0.15) is 0 Å². The van der Waals surface area contributed by atoms with Crippen molar-refractivity contribution in [2.45, 2.75) is 44.2 Å². The van der Waals surface area contributed by atoms with Crippen molar-refractivity contribution in [2.75, 3.05) is 5.43 Å². The number of aliphatic hydroxyl groups is 1. The molecule has 0 unspecified atom stereocenters. The summed E-state index contributed by atoms with van der Waals surface area (Å²) >= 11 is 0. The van der Waals surface area contributed by atoms with Crippen molar-refractivity contribution < 1.29 is 9.90 Å². The highest BCUT2D eigenvalue weighted by molar-refractivity contribution is 5.94. The van der Waals surface area contributed by atoms with Crippen LogP contribution in [-0.4, -0.2) is 23.2 Å². The average molecular weight is 327 g/mol. The van der Waals surface area contributed by atoms with Crippen LogP contribution in [0, 0.1) is 5.92 Å². The Labute approximate surface area is 142 Å². The van der Waals surface area contributed by atoms with E-state index >= 15 is 0 Å². The van der Waals surface area contributed by atoms with Crippen LogP contribution in [0.2, 0.25) is 0 Å². The molecule has 5 nitrogen and oxygen atoms in total. The predicted octanol–water partition coefficient (Wildman–Crippen LogP) is 2.55. The molecule has 0 spiro atoms. The summed E-state index contributed by atoms with van der Waals surface area (Å²) < 4.78 is 0. The second kappa shape index (κ2) is 7.64. The second-order valence-corrected chi connectivity index (χ2v) is 6.56. The molecule has 0 radical (unpaired) electrons. The Morgan fingerprint density at radius 3 is 2.58 bits per heavy atom. The van der Waals surface area contributed by atoms with Crippen molar-refractivity contribution in [3.63, 3.8) is 0 Å². The van der Waals surface area contributed by atoms with Crippen LogP contribution in [0.5, 0.6) is 0 Å². The van der Waals surface area contributed by atoms with Crippen LogP contribution < -0.4 is 16.6 Å². The van der Waals surface area contributed by atoms with E-state index in [1.165, 1.54) is 6.42 Å². The van der Waals surface area contributed by atoms with Crippen LogP contribution in [0.15, 0.2) is 42.5 Å². The van der Waals surface area contributed by atoms with E-state index in [-0.39, 0.29) is 5.92 Å². The Morgan fingerprint density at radius 1 is 1.08 bits per heavy atom. The normalized spacial score (nSPS) is 18.1. The number of fused-ring (bicyclic) bond motifs is 1. The minimum absolute atomic E-state index is 0.219. The van der Waals surface area contributed by atoms with Gasteiger partial charge in [0.05, 0.1) is 5.69 Å². The molecule has 1 aliphatic rings. The van der Waals surface area contributed by atoms with Crippen LogP contribution in [0.3, 0.4) is 0 Å². The van der Waals surface area contributed by atoms with E-state index in [0.29, 0.717) is 0 Å². The molecule has 0 bridgehead atoms. The standard InChI is InChI=1S/C19H25N3O2/c20-17(14-8-2-1-3-9-14)18(23)19(24)22-21-16-12-6-10-13-7-4-5-11-15(13)16/h4-7,10-12,14,17-18,21,23H,1-3,8-9,20H2,(H,22,24)/t17-,18+/m1/s1. The number of hydrogen-bond acceptors (Lipinski definition) is 4. The highest BCUT2D eigenvalue weighted by Gasteiger charge is 2.30. The molecule has 1 fully saturated rings. The van der Waals surface area contributed by atoms with E-state index in [9.17, 15) is 9.90 Å². The van der Waals surface area contributed by atoms with Crippen LogP contribution in [0.4, 0.5) is 5.69 Å². The molecule has 5 heteroatoms. The monoisotopic (exact) mass is 327 g/mol. The number of rotatable bonds is 5. The minimum Gasteiger partial charge on any atom is -0.382 e. The zero-order chi connectivity index (χ0) is 16.9. The third-order valence-electron chi connectivity index (χ3n) is 4.94. The zero-order valence-electron chi connectivity index (χ0n) is 13.7. The predicted molar refractivity (Wildman–Crippen MR) is 96.3 cm³/mol. The summed E-state index contributed by atoms with van der Waals surface area (Å²) in [5, 5.41) is 12.3. The summed E-state index contributed by atoms with van der Waals surface area (Å²) in [5.74, 6) is -0.266. The molecule has 128 valence electrons. The van der Waals surface area contributed by atoms with Gasteiger partial charge in [0, 0.05) is 11.4 Å². The van der Waals surface area contributed by atoms with E-state index in [2.05, 4.69) is 10.9 Å². The number of benzene rings is 2. The van der Waals surface area contributed by atoms with Gasteiger partial charge in [-0.15, -0.1) is 0 Å². The van der Waals surface area contributed by atoms with Crippen molar-refractivity contribution in [3.05, 3.63) is 42.5 Å². The summed E-state index contributed by atoms with van der Waals surface area (Å²) in [6.45, 7) is 0. The lowest BCUT2D eigenvalue weighted by molar-refractivity contribution is -0.130.